The molecule has 2 aromatic rings. The van der Waals surface area contributed by atoms with Crippen molar-refractivity contribution >= 4 is 11.8 Å². The minimum Gasteiger partial charge on any atom is -0.337 e. The van der Waals surface area contributed by atoms with Gasteiger partial charge in [0.1, 0.15) is 18.1 Å². The fraction of sp³-hybridized carbons (Fsp3) is 0.500. The van der Waals surface area contributed by atoms with Crippen LogP contribution in [0.2, 0.25) is 0 Å². The lowest BCUT2D eigenvalue weighted by Crippen LogP contribution is -2.40. The molecule has 1 aliphatic heterocycles. The predicted molar refractivity (Wildman–Crippen MR) is 86.3 cm³/mol. The molecule has 2 aromatic heterocycles. The van der Waals surface area contributed by atoms with Crippen LogP contribution in [0.4, 0.5) is 0 Å². The molecule has 1 fully saturated rings. The van der Waals surface area contributed by atoms with Gasteiger partial charge in [-0.2, -0.15) is 4.98 Å². The Balaban J connectivity index is 1.89. The van der Waals surface area contributed by atoms with Gasteiger partial charge in [0.2, 0.25) is 5.91 Å². The van der Waals surface area contributed by atoms with Gasteiger partial charge in [-0.1, -0.05) is 12.1 Å². The first-order valence-electron chi connectivity index (χ1n) is 8.25. The van der Waals surface area contributed by atoms with E-state index in [9.17, 15) is 9.59 Å². The Morgan fingerprint density at radius 1 is 1.36 bits per heavy atom. The summed E-state index contributed by atoms with van der Waals surface area (Å²) < 4.78 is 5.30. The molecule has 0 bridgehead atoms. The molecule has 9 nitrogen and oxygen atoms in total. The van der Waals surface area contributed by atoms with Crippen LogP contribution in [0.15, 0.2) is 23.1 Å². The van der Waals surface area contributed by atoms with Gasteiger partial charge in [-0.15, -0.1) is 0 Å². The molecule has 1 unspecified atom stereocenters. The van der Waals surface area contributed by atoms with Crippen LogP contribution in [0.1, 0.15) is 48.0 Å². The van der Waals surface area contributed by atoms with Gasteiger partial charge in [0.05, 0.1) is 6.54 Å². The first-order valence-corrected chi connectivity index (χ1v) is 8.25. The summed E-state index contributed by atoms with van der Waals surface area (Å²) in [6, 6.07) is 1.12. The maximum absolute atomic E-state index is 12.7. The molecule has 1 saturated heterocycles. The Morgan fingerprint density at radius 3 is 2.84 bits per heavy atom. The zero-order valence-electron chi connectivity index (χ0n) is 14.3. The van der Waals surface area contributed by atoms with Gasteiger partial charge in [0.15, 0.2) is 5.82 Å². The number of aryl methyl sites for hydroxylation is 1. The second-order valence-corrected chi connectivity index (χ2v) is 5.84. The van der Waals surface area contributed by atoms with Crippen LogP contribution in [-0.2, 0) is 4.79 Å². The third kappa shape index (κ3) is 3.65. The molecule has 0 aromatic carbocycles. The first kappa shape index (κ1) is 17.0. The summed E-state index contributed by atoms with van der Waals surface area (Å²) in [4.78, 5) is 40.6. The van der Waals surface area contributed by atoms with E-state index in [0.717, 1.165) is 0 Å². The van der Waals surface area contributed by atoms with Crippen LogP contribution >= 0.6 is 0 Å². The fourth-order valence-corrected chi connectivity index (χ4v) is 2.91. The Kier molecular flexibility index (Phi) is 5.01. The Morgan fingerprint density at radius 2 is 2.20 bits per heavy atom. The summed E-state index contributed by atoms with van der Waals surface area (Å²) in [5.41, 5.74) is 0.325. The van der Waals surface area contributed by atoms with Gasteiger partial charge < -0.3 is 14.3 Å². The van der Waals surface area contributed by atoms with Crippen molar-refractivity contribution in [3.8, 4) is 0 Å². The maximum atomic E-state index is 12.7. The summed E-state index contributed by atoms with van der Waals surface area (Å²) in [5.74, 6) is 0.644. The van der Waals surface area contributed by atoms with Crippen LogP contribution in [0.25, 0.3) is 0 Å². The van der Waals surface area contributed by atoms with Crippen LogP contribution in [-0.4, -0.2) is 61.4 Å². The molecule has 3 rings (SSSR count). The van der Waals surface area contributed by atoms with Crippen molar-refractivity contribution in [1.82, 2.24) is 29.9 Å². The summed E-state index contributed by atoms with van der Waals surface area (Å²) >= 11 is 0. The van der Waals surface area contributed by atoms with Crippen LogP contribution in [0, 0.1) is 6.92 Å². The average molecular weight is 344 g/mol. The molecule has 9 heteroatoms. The highest BCUT2D eigenvalue weighted by atomic mass is 16.5. The number of hydrogen-bond acceptors (Lipinski definition) is 7. The summed E-state index contributed by atoms with van der Waals surface area (Å²) in [6.45, 7) is 4.88. The topological polar surface area (TPSA) is 105 Å². The van der Waals surface area contributed by atoms with Crippen LogP contribution in [0.5, 0.6) is 0 Å². The zero-order valence-corrected chi connectivity index (χ0v) is 14.3. The number of nitrogens with zero attached hydrogens (tertiary/aromatic N) is 6. The number of aromatic nitrogens is 4. The van der Waals surface area contributed by atoms with Crippen LogP contribution in [0.3, 0.4) is 0 Å². The zero-order chi connectivity index (χ0) is 17.8. The molecule has 0 aliphatic carbocycles. The number of carbonyl (C=O) groups is 2. The highest BCUT2D eigenvalue weighted by molar-refractivity contribution is 5.92. The minimum atomic E-state index is -0.457. The molecular formula is C16H20N6O3. The van der Waals surface area contributed by atoms with Gasteiger partial charge in [0, 0.05) is 25.7 Å². The van der Waals surface area contributed by atoms with E-state index in [2.05, 4.69) is 20.1 Å². The van der Waals surface area contributed by atoms with Gasteiger partial charge in [-0.3, -0.25) is 9.59 Å². The molecule has 0 spiro atoms. The smallest absolute Gasteiger partial charge is 0.272 e. The Hall–Kier alpha value is -2.84. The van der Waals surface area contributed by atoms with Gasteiger partial charge in [-0.25, -0.2) is 9.97 Å². The standard InChI is InChI=1S/C16H20N6O3/c1-3-14(23)22-8-4-7-21(16(24)12-5-6-17-10-18-12)9-13(22)15-19-11(2)20-25-15/h5-6,10,13H,3-4,7-9H2,1-2H3. The molecule has 2 amide bonds. The molecule has 0 radical (unpaired) electrons. The van der Waals surface area contributed by atoms with Crippen molar-refractivity contribution < 1.29 is 14.1 Å². The van der Waals surface area contributed by atoms with Crippen LogP contribution < -0.4 is 0 Å². The van der Waals surface area contributed by atoms with Crippen molar-refractivity contribution in [2.75, 3.05) is 19.6 Å². The SMILES string of the molecule is CCC(=O)N1CCCN(C(=O)c2ccncn2)CC1c1nc(C)no1. The van der Waals surface area contributed by atoms with E-state index in [1.165, 1.54) is 12.5 Å². The van der Waals surface area contributed by atoms with E-state index in [0.29, 0.717) is 43.3 Å². The number of amides is 2. The third-order valence-electron chi connectivity index (χ3n) is 4.14. The summed E-state index contributed by atoms with van der Waals surface area (Å²) in [5, 5.41) is 3.82. The molecular weight excluding hydrogens is 324 g/mol. The lowest BCUT2D eigenvalue weighted by molar-refractivity contribution is -0.133. The Bertz CT molecular complexity index is 747. The van der Waals surface area contributed by atoms with Crippen molar-refractivity contribution in [3.05, 3.63) is 36.0 Å². The van der Waals surface area contributed by atoms with E-state index in [1.54, 1.807) is 22.8 Å². The van der Waals surface area contributed by atoms with E-state index in [-0.39, 0.29) is 18.4 Å². The fourth-order valence-electron chi connectivity index (χ4n) is 2.91. The van der Waals surface area contributed by atoms with E-state index in [1.807, 2.05) is 6.92 Å². The lowest BCUT2D eigenvalue weighted by Gasteiger charge is -2.29. The molecule has 1 aliphatic rings. The first-order chi connectivity index (χ1) is 12.1. The second kappa shape index (κ2) is 7.37. The predicted octanol–water partition coefficient (Wildman–Crippen LogP) is 0.994. The molecule has 25 heavy (non-hydrogen) atoms. The quantitative estimate of drug-likeness (QED) is 0.817. The molecule has 0 N–H and O–H groups in total. The van der Waals surface area contributed by atoms with E-state index < -0.39 is 6.04 Å². The van der Waals surface area contributed by atoms with Crippen molar-refractivity contribution in [2.45, 2.75) is 32.7 Å². The Labute approximate surface area is 145 Å². The summed E-state index contributed by atoms with van der Waals surface area (Å²) in [6.07, 6.45) is 3.93. The van der Waals surface area contributed by atoms with Gasteiger partial charge >= 0.3 is 0 Å². The van der Waals surface area contributed by atoms with Gasteiger partial charge in [-0.05, 0) is 19.4 Å². The molecule has 0 saturated carbocycles. The monoisotopic (exact) mass is 344 g/mol. The summed E-state index contributed by atoms with van der Waals surface area (Å²) in [7, 11) is 0. The van der Waals surface area contributed by atoms with Crippen molar-refractivity contribution in [3.63, 3.8) is 0 Å². The molecule has 1 atom stereocenters. The molecule has 132 valence electrons. The highest BCUT2D eigenvalue weighted by Gasteiger charge is 2.34. The third-order valence-corrected chi connectivity index (χ3v) is 4.14. The highest BCUT2D eigenvalue weighted by Crippen LogP contribution is 2.25. The van der Waals surface area contributed by atoms with E-state index in [4.69, 9.17) is 4.52 Å². The van der Waals surface area contributed by atoms with E-state index >= 15 is 0 Å². The maximum Gasteiger partial charge on any atom is 0.272 e. The second-order valence-electron chi connectivity index (χ2n) is 5.84. The minimum absolute atomic E-state index is 0.00260. The average Bonchev–Trinajstić information content (AvgIpc) is 2.95. The lowest BCUT2D eigenvalue weighted by atomic mass is 10.2. The number of hydrogen-bond donors (Lipinski definition) is 0. The van der Waals surface area contributed by atoms with Crippen molar-refractivity contribution in [2.24, 2.45) is 0 Å². The normalized spacial score (nSPS) is 18.1. The molecule has 3 heterocycles. The van der Waals surface area contributed by atoms with Crippen molar-refractivity contribution in [1.29, 1.82) is 0 Å². The van der Waals surface area contributed by atoms with Gasteiger partial charge in [0.25, 0.3) is 11.8 Å². The largest absolute Gasteiger partial charge is 0.337 e. The number of rotatable bonds is 3. The number of carbonyl (C=O) groups excluding carboxylic acids is 2.